The summed E-state index contributed by atoms with van der Waals surface area (Å²) in [5, 5.41) is 4.37. The highest BCUT2D eigenvalue weighted by Gasteiger charge is 2.11. The first kappa shape index (κ1) is 16.1. The summed E-state index contributed by atoms with van der Waals surface area (Å²) >= 11 is 0. The second-order valence-corrected chi connectivity index (χ2v) is 5.28. The predicted octanol–water partition coefficient (Wildman–Crippen LogP) is 3.65. The highest BCUT2D eigenvalue weighted by Crippen LogP contribution is 2.25. The van der Waals surface area contributed by atoms with Crippen LogP contribution in [-0.2, 0) is 24.7 Å². The van der Waals surface area contributed by atoms with Gasteiger partial charge in [-0.2, -0.15) is 0 Å². The maximum absolute atomic E-state index is 5.75. The van der Waals surface area contributed by atoms with Crippen molar-refractivity contribution in [3.05, 3.63) is 78.0 Å². The molecule has 1 heterocycles. The maximum atomic E-state index is 5.75. The molecule has 0 aliphatic heterocycles. The van der Waals surface area contributed by atoms with E-state index in [0.29, 0.717) is 31.6 Å². The summed E-state index contributed by atoms with van der Waals surface area (Å²) in [7, 11) is 1.60. The molecule has 0 fully saturated rings. The molecule has 0 N–H and O–H groups in total. The van der Waals surface area contributed by atoms with Crippen LogP contribution in [0.5, 0.6) is 11.6 Å². The van der Waals surface area contributed by atoms with E-state index in [1.807, 2.05) is 60.7 Å². The van der Waals surface area contributed by atoms with E-state index in [-0.39, 0.29) is 0 Å². The summed E-state index contributed by atoms with van der Waals surface area (Å²) in [5.74, 6) is 1.05. The van der Waals surface area contributed by atoms with Gasteiger partial charge in [-0.05, 0) is 11.1 Å². The number of benzene rings is 2. The Balaban J connectivity index is 1.56. The first-order valence-corrected chi connectivity index (χ1v) is 7.75. The molecule has 0 bridgehead atoms. The van der Waals surface area contributed by atoms with Gasteiger partial charge in [0.15, 0.2) is 0 Å². The molecule has 3 rings (SSSR count). The van der Waals surface area contributed by atoms with Crippen LogP contribution in [0.3, 0.4) is 0 Å². The molecule has 0 aliphatic rings. The number of ether oxygens (including phenoxy) is 3. The molecule has 0 atom stereocenters. The number of methoxy groups -OCH3 is 1. The lowest BCUT2D eigenvalue weighted by molar-refractivity contribution is 0.0550. The summed E-state index contributed by atoms with van der Waals surface area (Å²) in [4.78, 5) is 0. The third kappa shape index (κ3) is 4.36. The van der Waals surface area contributed by atoms with Crippen LogP contribution >= 0.6 is 0 Å². The van der Waals surface area contributed by atoms with E-state index in [0.717, 1.165) is 11.1 Å². The summed E-state index contributed by atoms with van der Waals surface area (Å²) in [6.07, 6.45) is 1.77. The van der Waals surface area contributed by atoms with Gasteiger partial charge in [-0.3, -0.25) is 0 Å². The lowest BCUT2D eigenvalue weighted by atomic mass is 10.2. The van der Waals surface area contributed by atoms with Gasteiger partial charge in [-0.15, -0.1) is 5.10 Å². The van der Waals surface area contributed by atoms with Gasteiger partial charge < -0.3 is 14.2 Å². The van der Waals surface area contributed by atoms with Crippen molar-refractivity contribution < 1.29 is 14.2 Å². The van der Waals surface area contributed by atoms with Gasteiger partial charge in [0.05, 0.1) is 19.9 Å². The third-order valence-corrected chi connectivity index (χ3v) is 3.47. The van der Waals surface area contributed by atoms with Crippen molar-refractivity contribution in [1.82, 2.24) is 9.78 Å². The summed E-state index contributed by atoms with van der Waals surface area (Å²) in [5.41, 5.74) is 2.20. The highest BCUT2D eigenvalue weighted by molar-refractivity contribution is 5.31. The Hall–Kier alpha value is -2.79. The fraction of sp³-hybridized carbons (Fsp3) is 0.211. The van der Waals surface area contributed by atoms with Gasteiger partial charge in [0.2, 0.25) is 5.75 Å². The number of hydrogen-bond acceptors (Lipinski definition) is 4. The molecule has 0 unspecified atom stereocenters. The van der Waals surface area contributed by atoms with Crippen molar-refractivity contribution in [2.45, 2.75) is 19.9 Å². The van der Waals surface area contributed by atoms with Crippen LogP contribution in [-0.4, -0.2) is 16.9 Å². The molecule has 24 heavy (non-hydrogen) atoms. The molecule has 0 radical (unpaired) electrons. The minimum atomic E-state index is 0.333. The molecule has 0 spiro atoms. The van der Waals surface area contributed by atoms with E-state index >= 15 is 0 Å². The van der Waals surface area contributed by atoms with E-state index in [1.54, 1.807) is 18.0 Å². The average molecular weight is 324 g/mol. The van der Waals surface area contributed by atoms with Crippen LogP contribution in [0.2, 0.25) is 0 Å². The zero-order valence-corrected chi connectivity index (χ0v) is 13.6. The molecule has 5 nitrogen and oxygen atoms in total. The Kier molecular flexibility index (Phi) is 5.48. The summed E-state index contributed by atoms with van der Waals surface area (Å²) in [6.45, 7) is 1.31. The monoisotopic (exact) mass is 324 g/mol. The molecular weight excluding hydrogens is 304 g/mol. The smallest absolute Gasteiger partial charge is 0.276 e. The van der Waals surface area contributed by atoms with Gasteiger partial charge in [-0.1, -0.05) is 60.7 Å². The second kappa shape index (κ2) is 8.17. The van der Waals surface area contributed by atoms with Crippen molar-refractivity contribution in [3.63, 3.8) is 0 Å². The van der Waals surface area contributed by atoms with Crippen LogP contribution < -0.4 is 9.47 Å². The van der Waals surface area contributed by atoms with Crippen molar-refractivity contribution in [2.75, 3.05) is 7.11 Å². The second-order valence-electron chi connectivity index (χ2n) is 5.28. The Bertz CT molecular complexity index is 742. The number of aromatic nitrogens is 2. The SMILES string of the molecule is COc1cn(COCc2ccccc2)nc1OCc1ccccc1. The number of rotatable bonds is 8. The average Bonchev–Trinajstić information content (AvgIpc) is 3.04. The Morgan fingerprint density at radius 1 is 0.875 bits per heavy atom. The van der Waals surface area contributed by atoms with Crippen LogP contribution in [0.4, 0.5) is 0 Å². The van der Waals surface area contributed by atoms with Crippen LogP contribution in [0.15, 0.2) is 66.9 Å². The normalized spacial score (nSPS) is 10.5. The Morgan fingerprint density at radius 2 is 1.50 bits per heavy atom. The molecule has 0 saturated heterocycles. The third-order valence-electron chi connectivity index (χ3n) is 3.47. The van der Waals surface area contributed by atoms with E-state index in [2.05, 4.69) is 5.10 Å². The predicted molar refractivity (Wildman–Crippen MR) is 90.8 cm³/mol. The van der Waals surface area contributed by atoms with Crippen molar-refractivity contribution in [2.24, 2.45) is 0 Å². The van der Waals surface area contributed by atoms with Gasteiger partial charge in [0.1, 0.15) is 13.3 Å². The Morgan fingerprint density at radius 3 is 2.12 bits per heavy atom. The number of nitrogens with zero attached hydrogens (tertiary/aromatic N) is 2. The first-order valence-electron chi connectivity index (χ1n) is 7.75. The molecule has 3 aromatic rings. The molecule has 5 heteroatoms. The topological polar surface area (TPSA) is 45.5 Å². The minimum Gasteiger partial charge on any atom is -0.490 e. The van der Waals surface area contributed by atoms with Gasteiger partial charge in [-0.25, -0.2) is 4.68 Å². The van der Waals surface area contributed by atoms with E-state index in [1.165, 1.54) is 0 Å². The minimum absolute atomic E-state index is 0.333. The van der Waals surface area contributed by atoms with Crippen LogP contribution in [0.1, 0.15) is 11.1 Å². The van der Waals surface area contributed by atoms with E-state index < -0.39 is 0 Å². The quantitative estimate of drug-likeness (QED) is 0.634. The fourth-order valence-electron chi connectivity index (χ4n) is 2.25. The van der Waals surface area contributed by atoms with E-state index in [9.17, 15) is 0 Å². The van der Waals surface area contributed by atoms with Gasteiger partial charge in [0, 0.05) is 0 Å². The van der Waals surface area contributed by atoms with Crippen LogP contribution in [0.25, 0.3) is 0 Å². The summed E-state index contributed by atoms with van der Waals surface area (Å²) < 4.78 is 18.4. The van der Waals surface area contributed by atoms with Crippen molar-refractivity contribution in [3.8, 4) is 11.6 Å². The zero-order valence-electron chi connectivity index (χ0n) is 13.6. The van der Waals surface area contributed by atoms with Gasteiger partial charge >= 0.3 is 0 Å². The summed E-state index contributed by atoms with van der Waals surface area (Å²) in [6, 6.07) is 20.0. The largest absolute Gasteiger partial charge is 0.490 e. The fourth-order valence-corrected chi connectivity index (χ4v) is 2.25. The lowest BCUT2D eigenvalue weighted by Gasteiger charge is -2.05. The molecular formula is C19H20N2O3. The standard InChI is InChI=1S/C19H20N2O3/c1-22-18-12-21(15-23-13-16-8-4-2-5-9-16)20-19(18)24-14-17-10-6-3-7-11-17/h2-12H,13-15H2,1H3. The molecule has 0 saturated carbocycles. The van der Waals surface area contributed by atoms with Gasteiger partial charge in [0.25, 0.3) is 5.88 Å². The first-order chi connectivity index (χ1) is 11.8. The zero-order chi connectivity index (χ0) is 16.6. The van der Waals surface area contributed by atoms with Crippen LogP contribution in [0, 0.1) is 0 Å². The van der Waals surface area contributed by atoms with E-state index in [4.69, 9.17) is 14.2 Å². The number of hydrogen-bond donors (Lipinski definition) is 0. The maximum Gasteiger partial charge on any atom is 0.276 e. The molecule has 0 aliphatic carbocycles. The Labute approximate surface area is 141 Å². The lowest BCUT2D eigenvalue weighted by Crippen LogP contribution is -2.04. The van der Waals surface area contributed by atoms with Crippen molar-refractivity contribution >= 4 is 0 Å². The molecule has 1 aromatic heterocycles. The molecule has 2 aromatic carbocycles. The molecule has 0 amide bonds. The molecule has 124 valence electrons. The van der Waals surface area contributed by atoms with Crippen molar-refractivity contribution in [1.29, 1.82) is 0 Å². The highest BCUT2D eigenvalue weighted by atomic mass is 16.5.